The van der Waals surface area contributed by atoms with Gasteiger partial charge in [0.15, 0.2) is 0 Å². The number of carbonyl (C=O) groups is 2. The zero-order valence-electron chi connectivity index (χ0n) is 15.2. The third-order valence-electron chi connectivity index (χ3n) is 4.32. The Hall–Kier alpha value is -3.20. The predicted molar refractivity (Wildman–Crippen MR) is 103 cm³/mol. The molecular formula is C19H18N4O4S. The number of anilines is 1. The molecule has 8 nitrogen and oxygen atoms in total. The Morgan fingerprint density at radius 1 is 1.25 bits per heavy atom. The first-order chi connectivity index (χ1) is 13.7. The first-order valence-corrected chi connectivity index (χ1v) is 9.80. The van der Waals surface area contributed by atoms with Crippen LogP contribution in [0.25, 0.3) is 11.4 Å². The van der Waals surface area contributed by atoms with E-state index in [0.717, 1.165) is 10.6 Å². The van der Waals surface area contributed by atoms with Crippen LogP contribution in [0, 0.1) is 0 Å². The van der Waals surface area contributed by atoms with E-state index in [4.69, 9.17) is 9.26 Å². The fraction of sp³-hybridized carbons (Fsp3) is 0.263. The summed E-state index contributed by atoms with van der Waals surface area (Å²) in [4.78, 5) is 32.2. The number of carbonyl (C=O) groups excluding carboxylic acids is 2. The molecule has 0 saturated carbocycles. The van der Waals surface area contributed by atoms with Gasteiger partial charge in [-0.15, -0.1) is 0 Å². The Labute approximate surface area is 165 Å². The Bertz CT molecular complexity index is 986. The molecule has 144 valence electrons. The van der Waals surface area contributed by atoms with Gasteiger partial charge < -0.3 is 9.26 Å². The molecule has 0 atom stereocenters. The number of urea groups is 1. The van der Waals surface area contributed by atoms with Gasteiger partial charge in [-0.1, -0.05) is 17.3 Å². The fourth-order valence-corrected chi connectivity index (χ4v) is 3.63. The molecule has 0 radical (unpaired) electrons. The summed E-state index contributed by atoms with van der Waals surface area (Å²) < 4.78 is 10.9. The van der Waals surface area contributed by atoms with Crippen molar-refractivity contribution in [3.05, 3.63) is 47.0 Å². The van der Waals surface area contributed by atoms with Crippen LogP contribution in [-0.4, -0.2) is 40.1 Å². The summed E-state index contributed by atoms with van der Waals surface area (Å²) in [6.45, 7) is 2.70. The van der Waals surface area contributed by atoms with E-state index in [1.807, 2.05) is 48.0 Å². The van der Waals surface area contributed by atoms with Crippen molar-refractivity contribution in [2.24, 2.45) is 0 Å². The van der Waals surface area contributed by atoms with Crippen molar-refractivity contribution in [1.29, 1.82) is 0 Å². The number of amides is 3. The normalized spacial score (nSPS) is 14.6. The number of imide groups is 1. The van der Waals surface area contributed by atoms with Crippen molar-refractivity contribution in [3.63, 3.8) is 0 Å². The van der Waals surface area contributed by atoms with Gasteiger partial charge in [-0.3, -0.25) is 14.6 Å². The molecule has 1 aromatic carbocycles. The molecular weight excluding hydrogens is 380 g/mol. The SMILES string of the molecule is CCOc1ccccc1-c1noc(CN2C(=O)CCN(c3ccsc3)C2=O)n1. The lowest BCUT2D eigenvalue weighted by Crippen LogP contribution is -2.52. The number of para-hydroxylation sites is 1. The number of thiophene rings is 1. The predicted octanol–water partition coefficient (Wildman–Crippen LogP) is 3.56. The van der Waals surface area contributed by atoms with Gasteiger partial charge in [0.2, 0.25) is 17.6 Å². The highest BCUT2D eigenvalue weighted by atomic mass is 32.1. The van der Waals surface area contributed by atoms with Gasteiger partial charge >= 0.3 is 6.03 Å². The monoisotopic (exact) mass is 398 g/mol. The summed E-state index contributed by atoms with van der Waals surface area (Å²) in [5.41, 5.74) is 1.47. The molecule has 1 aliphatic rings. The maximum atomic E-state index is 12.8. The standard InChI is InChI=1S/C19H18N4O4S/c1-2-26-15-6-4-3-5-14(15)18-20-16(27-21-18)11-23-17(24)7-9-22(19(23)25)13-8-10-28-12-13/h3-6,8,10,12H,2,7,9,11H2,1H3. The van der Waals surface area contributed by atoms with Gasteiger partial charge in [0.1, 0.15) is 12.3 Å². The molecule has 3 heterocycles. The van der Waals surface area contributed by atoms with Crippen LogP contribution in [0.15, 0.2) is 45.6 Å². The van der Waals surface area contributed by atoms with E-state index in [-0.39, 0.29) is 30.8 Å². The maximum absolute atomic E-state index is 12.8. The average Bonchev–Trinajstić information content (AvgIpc) is 3.38. The molecule has 3 aromatic rings. The molecule has 4 rings (SSSR count). The Morgan fingerprint density at radius 3 is 2.89 bits per heavy atom. The minimum Gasteiger partial charge on any atom is -0.493 e. The molecule has 0 aliphatic carbocycles. The summed E-state index contributed by atoms with van der Waals surface area (Å²) in [5.74, 6) is 0.929. The zero-order valence-corrected chi connectivity index (χ0v) is 16.0. The fourth-order valence-electron chi connectivity index (χ4n) is 2.99. The second-order valence-electron chi connectivity index (χ2n) is 6.09. The van der Waals surface area contributed by atoms with Crippen molar-refractivity contribution in [2.45, 2.75) is 19.9 Å². The van der Waals surface area contributed by atoms with Crippen LogP contribution in [0.4, 0.5) is 10.5 Å². The third kappa shape index (κ3) is 3.48. The number of benzene rings is 1. The summed E-state index contributed by atoms with van der Waals surface area (Å²) >= 11 is 1.50. The van der Waals surface area contributed by atoms with Gasteiger partial charge in [-0.2, -0.15) is 16.3 Å². The quantitative estimate of drug-likeness (QED) is 0.631. The molecule has 3 amide bonds. The van der Waals surface area contributed by atoms with E-state index in [1.165, 1.54) is 11.3 Å². The van der Waals surface area contributed by atoms with E-state index >= 15 is 0 Å². The van der Waals surface area contributed by atoms with E-state index in [1.54, 1.807) is 4.90 Å². The summed E-state index contributed by atoms with van der Waals surface area (Å²) in [7, 11) is 0. The molecule has 1 saturated heterocycles. The Kier molecular flexibility index (Phi) is 5.07. The summed E-state index contributed by atoms with van der Waals surface area (Å²) in [6.07, 6.45) is 0.246. The van der Waals surface area contributed by atoms with Crippen LogP contribution >= 0.6 is 11.3 Å². The lowest BCUT2D eigenvalue weighted by Gasteiger charge is -2.32. The van der Waals surface area contributed by atoms with Gasteiger partial charge in [0, 0.05) is 18.3 Å². The van der Waals surface area contributed by atoms with Crippen molar-refractivity contribution in [2.75, 3.05) is 18.1 Å². The molecule has 0 bridgehead atoms. The van der Waals surface area contributed by atoms with Crippen LogP contribution < -0.4 is 9.64 Å². The van der Waals surface area contributed by atoms with Crippen molar-refractivity contribution >= 4 is 29.0 Å². The Balaban J connectivity index is 1.55. The van der Waals surface area contributed by atoms with Gasteiger partial charge in [0.05, 0.1) is 17.9 Å². The molecule has 1 aliphatic heterocycles. The maximum Gasteiger partial charge on any atom is 0.331 e. The molecule has 9 heteroatoms. The molecule has 1 fully saturated rings. The lowest BCUT2D eigenvalue weighted by atomic mass is 10.2. The molecule has 0 N–H and O–H groups in total. The molecule has 0 unspecified atom stereocenters. The smallest absolute Gasteiger partial charge is 0.331 e. The van der Waals surface area contributed by atoms with E-state index < -0.39 is 0 Å². The van der Waals surface area contributed by atoms with Gasteiger partial charge in [-0.25, -0.2) is 4.79 Å². The molecule has 28 heavy (non-hydrogen) atoms. The first-order valence-electron chi connectivity index (χ1n) is 8.86. The number of aromatic nitrogens is 2. The largest absolute Gasteiger partial charge is 0.493 e. The highest BCUT2D eigenvalue weighted by Crippen LogP contribution is 2.28. The lowest BCUT2D eigenvalue weighted by molar-refractivity contribution is -0.129. The summed E-state index contributed by atoms with van der Waals surface area (Å²) in [6, 6.07) is 8.83. The van der Waals surface area contributed by atoms with Crippen LogP contribution in [-0.2, 0) is 11.3 Å². The highest BCUT2D eigenvalue weighted by Gasteiger charge is 2.34. The molecule has 0 spiro atoms. The van der Waals surface area contributed by atoms with E-state index in [2.05, 4.69) is 10.1 Å². The van der Waals surface area contributed by atoms with Gasteiger partial charge in [0.25, 0.3) is 0 Å². The third-order valence-corrected chi connectivity index (χ3v) is 4.99. The number of nitrogens with zero attached hydrogens (tertiary/aromatic N) is 4. The molecule has 2 aromatic heterocycles. The zero-order chi connectivity index (χ0) is 19.5. The highest BCUT2D eigenvalue weighted by molar-refractivity contribution is 7.08. The van der Waals surface area contributed by atoms with E-state index in [0.29, 0.717) is 30.3 Å². The van der Waals surface area contributed by atoms with Gasteiger partial charge in [-0.05, 0) is 30.5 Å². The minimum atomic E-state index is -0.385. The number of hydrogen-bond acceptors (Lipinski definition) is 7. The van der Waals surface area contributed by atoms with Crippen LogP contribution in [0.2, 0.25) is 0 Å². The van der Waals surface area contributed by atoms with Crippen LogP contribution in [0.5, 0.6) is 5.75 Å². The second kappa shape index (κ2) is 7.81. The number of hydrogen-bond donors (Lipinski definition) is 0. The minimum absolute atomic E-state index is 0.0674. The van der Waals surface area contributed by atoms with Crippen LogP contribution in [0.3, 0.4) is 0 Å². The number of rotatable bonds is 6. The van der Waals surface area contributed by atoms with E-state index in [9.17, 15) is 9.59 Å². The average molecular weight is 398 g/mol. The topological polar surface area (TPSA) is 88.8 Å². The summed E-state index contributed by atoms with van der Waals surface area (Å²) in [5, 5.41) is 7.76. The first kappa shape index (κ1) is 18.2. The number of ether oxygens (including phenoxy) is 1. The van der Waals surface area contributed by atoms with Crippen molar-refractivity contribution in [1.82, 2.24) is 15.0 Å². The van der Waals surface area contributed by atoms with Crippen molar-refractivity contribution in [3.8, 4) is 17.1 Å². The second-order valence-corrected chi connectivity index (χ2v) is 6.87. The Morgan fingerprint density at radius 2 is 2.11 bits per heavy atom. The van der Waals surface area contributed by atoms with Crippen LogP contribution in [0.1, 0.15) is 19.2 Å². The van der Waals surface area contributed by atoms with Crippen molar-refractivity contribution < 1.29 is 18.8 Å².